The van der Waals surface area contributed by atoms with E-state index in [0.29, 0.717) is 11.6 Å². The molecule has 1 saturated heterocycles. The second-order valence-corrected chi connectivity index (χ2v) is 6.43. The van der Waals surface area contributed by atoms with E-state index in [0.717, 1.165) is 44.0 Å². The second kappa shape index (κ2) is 9.58. The summed E-state index contributed by atoms with van der Waals surface area (Å²) in [5.41, 5.74) is 2.34. The van der Waals surface area contributed by atoms with Crippen molar-refractivity contribution in [2.45, 2.75) is 6.54 Å². The predicted molar refractivity (Wildman–Crippen MR) is 108 cm³/mol. The molecular weight excluding hydrogens is 356 g/mol. The van der Waals surface area contributed by atoms with Crippen LogP contribution in [0.15, 0.2) is 46.1 Å². The van der Waals surface area contributed by atoms with Crippen LogP contribution in [0.25, 0.3) is 0 Å². The van der Waals surface area contributed by atoms with Crippen molar-refractivity contribution < 1.29 is 9.32 Å². The van der Waals surface area contributed by atoms with E-state index >= 15 is 0 Å². The number of hydrogen-bond acceptors (Lipinski definition) is 5. The Morgan fingerprint density at radius 2 is 2.14 bits per heavy atom. The number of aromatic nitrogens is 1. The number of nitrogens with zero attached hydrogens (tertiary/aromatic N) is 4. The van der Waals surface area contributed by atoms with Gasteiger partial charge in [0, 0.05) is 57.1 Å². The number of benzene rings is 1. The fraction of sp³-hybridized carbons (Fsp3) is 0.350. The molecule has 2 N–H and O–H groups in total. The second-order valence-electron chi connectivity index (χ2n) is 6.43. The van der Waals surface area contributed by atoms with Gasteiger partial charge in [0.2, 0.25) is 5.91 Å². The summed E-state index contributed by atoms with van der Waals surface area (Å²) < 4.78 is 4.88. The molecule has 2 aromatic rings. The smallest absolute Gasteiger partial charge is 0.243 e. The van der Waals surface area contributed by atoms with Crippen molar-refractivity contribution in [3.05, 3.63) is 47.9 Å². The summed E-state index contributed by atoms with van der Waals surface area (Å²) in [6.07, 6.45) is 6.98. The van der Waals surface area contributed by atoms with Crippen LogP contribution in [0.5, 0.6) is 0 Å². The lowest BCUT2D eigenvalue weighted by Crippen LogP contribution is -2.53. The van der Waals surface area contributed by atoms with Crippen LogP contribution in [-0.4, -0.2) is 66.6 Å². The van der Waals surface area contributed by atoms with Gasteiger partial charge >= 0.3 is 0 Å². The summed E-state index contributed by atoms with van der Waals surface area (Å²) in [4.78, 5) is 21.0. The van der Waals surface area contributed by atoms with E-state index in [1.165, 1.54) is 0 Å². The molecule has 0 bridgehead atoms. The minimum atomic E-state index is -0.153. The number of carbonyl (C=O) groups is 1. The fourth-order valence-corrected chi connectivity index (χ4v) is 3.05. The van der Waals surface area contributed by atoms with Gasteiger partial charge in [-0.25, -0.2) is 0 Å². The first-order chi connectivity index (χ1) is 13.7. The zero-order valence-corrected chi connectivity index (χ0v) is 15.9. The van der Waals surface area contributed by atoms with E-state index in [4.69, 9.17) is 10.9 Å². The lowest BCUT2D eigenvalue weighted by Gasteiger charge is -2.36. The van der Waals surface area contributed by atoms with Crippen molar-refractivity contribution in [2.75, 3.05) is 45.1 Å². The summed E-state index contributed by atoms with van der Waals surface area (Å²) in [6, 6.07) is 9.08. The van der Waals surface area contributed by atoms with Gasteiger partial charge in [0.05, 0.1) is 12.2 Å². The van der Waals surface area contributed by atoms with Crippen LogP contribution in [0.2, 0.25) is 0 Å². The number of amides is 1. The summed E-state index contributed by atoms with van der Waals surface area (Å²) in [5, 5.41) is 9.92. The van der Waals surface area contributed by atoms with Crippen molar-refractivity contribution in [3.8, 4) is 12.3 Å². The lowest BCUT2D eigenvalue weighted by molar-refractivity contribution is -0.115. The molecule has 1 aliphatic rings. The summed E-state index contributed by atoms with van der Waals surface area (Å²) in [7, 11) is 1.72. The molecular formula is C20H24N6O2. The van der Waals surface area contributed by atoms with Crippen molar-refractivity contribution in [1.29, 1.82) is 0 Å². The van der Waals surface area contributed by atoms with Crippen molar-refractivity contribution in [3.63, 3.8) is 0 Å². The SMILES string of the molecule is C#Cc1cccc(NC(=O)CNC(=NC)N2CCN(Cc3ccon3)CC2)c1. The van der Waals surface area contributed by atoms with Crippen LogP contribution in [-0.2, 0) is 11.3 Å². The van der Waals surface area contributed by atoms with E-state index in [9.17, 15) is 4.79 Å². The molecule has 0 aliphatic carbocycles. The maximum Gasteiger partial charge on any atom is 0.243 e. The maximum absolute atomic E-state index is 12.2. The molecule has 0 radical (unpaired) electrons. The number of aliphatic imine (C=N–C) groups is 1. The zero-order valence-electron chi connectivity index (χ0n) is 15.9. The summed E-state index contributed by atoms with van der Waals surface area (Å²) in [5.74, 6) is 3.12. The van der Waals surface area contributed by atoms with E-state index in [-0.39, 0.29) is 12.5 Å². The molecule has 0 saturated carbocycles. The molecule has 28 heavy (non-hydrogen) atoms. The monoisotopic (exact) mass is 380 g/mol. The van der Waals surface area contributed by atoms with Crippen LogP contribution >= 0.6 is 0 Å². The summed E-state index contributed by atoms with van der Waals surface area (Å²) in [6.45, 7) is 4.32. The van der Waals surface area contributed by atoms with Crippen molar-refractivity contribution >= 4 is 17.6 Å². The average molecular weight is 380 g/mol. The molecule has 1 amide bonds. The van der Waals surface area contributed by atoms with Crippen LogP contribution in [0, 0.1) is 12.3 Å². The third-order valence-electron chi connectivity index (χ3n) is 4.48. The summed E-state index contributed by atoms with van der Waals surface area (Å²) >= 11 is 0. The highest BCUT2D eigenvalue weighted by Crippen LogP contribution is 2.10. The largest absolute Gasteiger partial charge is 0.364 e. The Kier molecular flexibility index (Phi) is 6.65. The molecule has 1 aromatic heterocycles. The molecule has 2 heterocycles. The zero-order chi connectivity index (χ0) is 19.8. The average Bonchev–Trinajstić information content (AvgIpc) is 3.23. The Bertz CT molecular complexity index is 848. The van der Waals surface area contributed by atoms with Crippen molar-refractivity contribution in [2.24, 2.45) is 4.99 Å². The number of piperazine rings is 1. The molecule has 0 atom stereocenters. The first kappa shape index (κ1) is 19.5. The van der Waals surface area contributed by atoms with E-state index in [1.807, 2.05) is 24.3 Å². The number of carbonyl (C=O) groups excluding carboxylic acids is 1. The van der Waals surface area contributed by atoms with Crippen LogP contribution in [0.4, 0.5) is 5.69 Å². The minimum Gasteiger partial charge on any atom is -0.364 e. The molecule has 8 heteroatoms. The van der Waals surface area contributed by atoms with Crippen LogP contribution < -0.4 is 10.6 Å². The first-order valence-corrected chi connectivity index (χ1v) is 9.11. The van der Waals surface area contributed by atoms with Gasteiger partial charge < -0.3 is 20.1 Å². The van der Waals surface area contributed by atoms with Gasteiger partial charge in [-0.1, -0.05) is 17.1 Å². The number of anilines is 1. The van der Waals surface area contributed by atoms with E-state index in [2.05, 4.69) is 36.5 Å². The number of rotatable bonds is 5. The Morgan fingerprint density at radius 1 is 1.32 bits per heavy atom. The molecule has 0 spiro atoms. The quantitative estimate of drug-likeness (QED) is 0.457. The van der Waals surface area contributed by atoms with Gasteiger partial charge in [-0.05, 0) is 18.2 Å². The Hall–Kier alpha value is -3.31. The highest BCUT2D eigenvalue weighted by molar-refractivity contribution is 5.95. The molecule has 0 unspecified atom stereocenters. The van der Waals surface area contributed by atoms with Crippen LogP contribution in [0.3, 0.4) is 0 Å². The predicted octanol–water partition coefficient (Wildman–Crippen LogP) is 0.988. The maximum atomic E-state index is 12.2. The first-order valence-electron chi connectivity index (χ1n) is 9.11. The highest BCUT2D eigenvalue weighted by Gasteiger charge is 2.20. The molecule has 8 nitrogen and oxygen atoms in total. The van der Waals surface area contributed by atoms with Gasteiger partial charge in [0.15, 0.2) is 5.96 Å². The van der Waals surface area contributed by atoms with E-state index in [1.54, 1.807) is 19.4 Å². The number of nitrogens with one attached hydrogen (secondary N) is 2. The van der Waals surface area contributed by atoms with E-state index < -0.39 is 0 Å². The third kappa shape index (κ3) is 5.34. The topological polar surface area (TPSA) is 86.0 Å². The highest BCUT2D eigenvalue weighted by atomic mass is 16.5. The van der Waals surface area contributed by atoms with Gasteiger partial charge in [-0.15, -0.1) is 6.42 Å². The van der Waals surface area contributed by atoms with Crippen LogP contribution in [0.1, 0.15) is 11.3 Å². The van der Waals surface area contributed by atoms with Gasteiger partial charge in [-0.2, -0.15) is 0 Å². The van der Waals surface area contributed by atoms with Crippen molar-refractivity contribution in [1.82, 2.24) is 20.3 Å². The number of terminal acetylenes is 1. The lowest BCUT2D eigenvalue weighted by atomic mass is 10.2. The molecule has 3 rings (SSSR count). The third-order valence-corrected chi connectivity index (χ3v) is 4.48. The normalized spacial score (nSPS) is 15.1. The Morgan fingerprint density at radius 3 is 2.82 bits per heavy atom. The van der Waals surface area contributed by atoms with Gasteiger partial charge in [0.25, 0.3) is 0 Å². The minimum absolute atomic E-state index is 0.131. The van der Waals surface area contributed by atoms with Gasteiger partial charge in [-0.3, -0.25) is 14.7 Å². The number of guanidine groups is 1. The standard InChI is InChI=1S/C20H24N6O2/c1-3-16-5-4-6-17(13-16)23-19(27)14-22-20(21-2)26-10-8-25(9-11-26)15-18-7-12-28-24-18/h1,4-7,12-13H,8-11,14-15H2,2H3,(H,21,22)(H,23,27). The Balaban J connectivity index is 1.44. The van der Waals surface area contributed by atoms with Gasteiger partial charge in [0.1, 0.15) is 6.26 Å². The molecule has 1 fully saturated rings. The Labute approximate surface area is 164 Å². The molecule has 1 aromatic carbocycles. The fourth-order valence-electron chi connectivity index (χ4n) is 3.05. The molecule has 1 aliphatic heterocycles. The molecule has 146 valence electrons. The number of hydrogen-bond donors (Lipinski definition) is 2.